The lowest BCUT2D eigenvalue weighted by atomic mass is 9.67. The normalized spacial score (nSPS) is 31.6. The molecule has 3 heteroatoms. The second kappa shape index (κ2) is 2.73. The van der Waals surface area contributed by atoms with Gasteiger partial charge in [0.2, 0.25) is 5.91 Å². The molecule has 1 aliphatic heterocycles. The van der Waals surface area contributed by atoms with Crippen LogP contribution < -0.4 is 10.6 Å². The maximum Gasteiger partial charge on any atom is 0.236 e. The highest BCUT2D eigenvalue weighted by Crippen LogP contribution is 2.46. The average molecular weight is 168 g/mol. The molecule has 0 bridgehead atoms. The lowest BCUT2D eigenvalue weighted by Crippen LogP contribution is -2.38. The van der Waals surface area contributed by atoms with Crippen molar-refractivity contribution in [3.63, 3.8) is 0 Å². The van der Waals surface area contributed by atoms with E-state index in [4.69, 9.17) is 0 Å². The number of amides is 1. The predicted molar refractivity (Wildman–Crippen MR) is 46.8 cm³/mol. The molecule has 0 aromatic carbocycles. The standard InChI is InChI=1S/C9H16N2O/c1-10-8(12)7-5-9(6-11-7)3-2-4-9/h7,11H,2-6H2,1H3,(H,10,12)/t7-/m0/s1. The van der Waals surface area contributed by atoms with Gasteiger partial charge in [0.25, 0.3) is 0 Å². The summed E-state index contributed by atoms with van der Waals surface area (Å²) in [5.74, 6) is 0.152. The van der Waals surface area contributed by atoms with Crippen molar-refractivity contribution in [2.24, 2.45) is 5.41 Å². The lowest BCUT2D eigenvalue weighted by molar-refractivity contribution is -0.122. The van der Waals surface area contributed by atoms with Crippen LogP contribution in [0.4, 0.5) is 0 Å². The first-order chi connectivity index (χ1) is 5.76. The van der Waals surface area contributed by atoms with Gasteiger partial charge in [0.05, 0.1) is 6.04 Å². The van der Waals surface area contributed by atoms with Crippen LogP contribution in [0.3, 0.4) is 0 Å². The van der Waals surface area contributed by atoms with Crippen LogP contribution in [-0.2, 0) is 4.79 Å². The van der Waals surface area contributed by atoms with Crippen LogP contribution in [-0.4, -0.2) is 25.5 Å². The first-order valence-electron chi connectivity index (χ1n) is 4.71. The van der Waals surface area contributed by atoms with E-state index in [1.165, 1.54) is 19.3 Å². The highest BCUT2D eigenvalue weighted by Gasteiger charge is 2.45. The molecule has 2 aliphatic rings. The van der Waals surface area contributed by atoms with Crippen LogP contribution in [0.2, 0.25) is 0 Å². The molecule has 2 N–H and O–H groups in total. The van der Waals surface area contributed by atoms with E-state index in [-0.39, 0.29) is 11.9 Å². The molecule has 0 aromatic heterocycles. The Hall–Kier alpha value is -0.570. The Kier molecular flexibility index (Phi) is 1.83. The van der Waals surface area contributed by atoms with E-state index in [1.54, 1.807) is 7.05 Å². The monoisotopic (exact) mass is 168 g/mol. The quantitative estimate of drug-likeness (QED) is 0.590. The molecule has 1 saturated carbocycles. The third-order valence-electron chi connectivity index (χ3n) is 3.34. The largest absolute Gasteiger partial charge is 0.358 e. The molecular formula is C9H16N2O. The van der Waals surface area contributed by atoms with E-state index in [0.29, 0.717) is 5.41 Å². The Morgan fingerprint density at radius 3 is 2.75 bits per heavy atom. The fraction of sp³-hybridized carbons (Fsp3) is 0.889. The number of carbonyl (C=O) groups is 1. The summed E-state index contributed by atoms with van der Waals surface area (Å²) in [6, 6.07) is 0.0790. The maximum atomic E-state index is 11.3. The van der Waals surface area contributed by atoms with E-state index in [9.17, 15) is 4.79 Å². The van der Waals surface area contributed by atoms with Crippen LogP contribution in [0.25, 0.3) is 0 Å². The molecule has 2 fully saturated rings. The minimum absolute atomic E-state index is 0.0790. The van der Waals surface area contributed by atoms with Gasteiger partial charge in [0, 0.05) is 13.6 Å². The number of hydrogen-bond acceptors (Lipinski definition) is 2. The van der Waals surface area contributed by atoms with Gasteiger partial charge >= 0.3 is 0 Å². The summed E-state index contributed by atoms with van der Waals surface area (Å²) in [6.07, 6.45) is 5.02. The smallest absolute Gasteiger partial charge is 0.236 e. The minimum atomic E-state index is 0.0790. The van der Waals surface area contributed by atoms with Gasteiger partial charge in [-0.05, 0) is 24.7 Å². The van der Waals surface area contributed by atoms with Crippen molar-refractivity contribution in [1.29, 1.82) is 0 Å². The molecule has 0 aromatic rings. The minimum Gasteiger partial charge on any atom is -0.358 e. The lowest BCUT2D eigenvalue weighted by Gasteiger charge is -2.37. The number of nitrogens with one attached hydrogen (secondary N) is 2. The zero-order chi connectivity index (χ0) is 8.60. The molecule has 1 amide bonds. The summed E-state index contributed by atoms with van der Waals surface area (Å²) >= 11 is 0. The number of hydrogen-bond donors (Lipinski definition) is 2. The summed E-state index contributed by atoms with van der Waals surface area (Å²) in [4.78, 5) is 11.3. The third kappa shape index (κ3) is 1.12. The second-order valence-electron chi connectivity index (χ2n) is 4.11. The molecule has 68 valence electrons. The van der Waals surface area contributed by atoms with Crippen LogP contribution in [0.1, 0.15) is 25.7 Å². The molecule has 1 aliphatic carbocycles. The maximum absolute atomic E-state index is 11.3. The van der Waals surface area contributed by atoms with Gasteiger partial charge in [-0.15, -0.1) is 0 Å². The Morgan fingerprint density at radius 1 is 1.58 bits per heavy atom. The molecule has 0 unspecified atom stereocenters. The fourth-order valence-corrected chi connectivity index (χ4v) is 2.33. The zero-order valence-electron chi connectivity index (χ0n) is 7.52. The van der Waals surface area contributed by atoms with Crippen molar-refractivity contribution in [2.45, 2.75) is 31.7 Å². The van der Waals surface area contributed by atoms with Crippen LogP contribution in [0.15, 0.2) is 0 Å². The molecule has 3 nitrogen and oxygen atoms in total. The Bertz CT molecular complexity index is 199. The molecule has 2 rings (SSSR count). The Labute approximate surface area is 72.9 Å². The van der Waals surface area contributed by atoms with E-state index in [0.717, 1.165) is 13.0 Å². The van der Waals surface area contributed by atoms with Gasteiger partial charge in [-0.25, -0.2) is 0 Å². The first-order valence-corrected chi connectivity index (χ1v) is 4.71. The molecular weight excluding hydrogens is 152 g/mol. The van der Waals surface area contributed by atoms with E-state index in [1.807, 2.05) is 0 Å². The summed E-state index contributed by atoms with van der Waals surface area (Å²) < 4.78 is 0. The SMILES string of the molecule is CNC(=O)[C@@H]1CC2(CCC2)CN1. The van der Waals surface area contributed by atoms with Crippen molar-refractivity contribution in [3.05, 3.63) is 0 Å². The van der Waals surface area contributed by atoms with Crippen molar-refractivity contribution in [2.75, 3.05) is 13.6 Å². The second-order valence-corrected chi connectivity index (χ2v) is 4.11. The van der Waals surface area contributed by atoms with Crippen molar-refractivity contribution >= 4 is 5.91 Å². The summed E-state index contributed by atoms with van der Waals surface area (Å²) in [6.45, 7) is 1.05. The third-order valence-corrected chi connectivity index (χ3v) is 3.34. The van der Waals surface area contributed by atoms with Crippen molar-refractivity contribution in [3.8, 4) is 0 Å². The van der Waals surface area contributed by atoms with Gasteiger partial charge in [-0.3, -0.25) is 4.79 Å². The van der Waals surface area contributed by atoms with Gasteiger partial charge in [-0.2, -0.15) is 0 Å². The molecule has 1 atom stereocenters. The average Bonchev–Trinajstić information content (AvgIpc) is 2.46. The molecule has 12 heavy (non-hydrogen) atoms. The van der Waals surface area contributed by atoms with Gasteiger partial charge < -0.3 is 10.6 Å². The zero-order valence-corrected chi connectivity index (χ0v) is 7.52. The van der Waals surface area contributed by atoms with Gasteiger partial charge in [0.1, 0.15) is 0 Å². The molecule has 1 saturated heterocycles. The highest BCUT2D eigenvalue weighted by atomic mass is 16.2. The Morgan fingerprint density at radius 2 is 2.33 bits per heavy atom. The fourth-order valence-electron chi connectivity index (χ4n) is 2.33. The van der Waals surface area contributed by atoms with Crippen LogP contribution >= 0.6 is 0 Å². The van der Waals surface area contributed by atoms with E-state index >= 15 is 0 Å². The van der Waals surface area contributed by atoms with Crippen molar-refractivity contribution < 1.29 is 4.79 Å². The van der Waals surface area contributed by atoms with E-state index < -0.39 is 0 Å². The molecule has 1 spiro atoms. The predicted octanol–water partition coefficient (Wildman–Crippen LogP) is 0.265. The van der Waals surface area contributed by atoms with Crippen LogP contribution in [0.5, 0.6) is 0 Å². The molecule has 0 radical (unpaired) electrons. The van der Waals surface area contributed by atoms with Gasteiger partial charge in [-0.1, -0.05) is 6.42 Å². The highest BCUT2D eigenvalue weighted by molar-refractivity contribution is 5.81. The Balaban J connectivity index is 1.93. The summed E-state index contributed by atoms with van der Waals surface area (Å²) in [5, 5.41) is 5.98. The number of rotatable bonds is 1. The summed E-state index contributed by atoms with van der Waals surface area (Å²) in [5.41, 5.74) is 0.497. The number of likely N-dealkylation sites (N-methyl/N-ethyl adjacent to an activating group) is 1. The number of carbonyl (C=O) groups excluding carboxylic acids is 1. The van der Waals surface area contributed by atoms with Crippen LogP contribution in [0, 0.1) is 5.41 Å². The topological polar surface area (TPSA) is 41.1 Å². The summed E-state index contributed by atoms with van der Waals surface area (Å²) in [7, 11) is 1.70. The van der Waals surface area contributed by atoms with Gasteiger partial charge in [0.15, 0.2) is 0 Å². The van der Waals surface area contributed by atoms with Crippen molar-refractivity contribution in [1.82, 2.24) is 10.6 Å². The van der Waals surface area contributed by atoms with E-state index in [2.05, 4.69) is 10.6 Å². The molecule has 1 heterocycles. The first kappa shape index (κ1) is 8.05.